The number of aromatic nitrogens is 1. The van der Waals surface area contributed by atoms with E-state index in [1.807, 2.05) is 42.5 Å². The molecule has 0 saturated carbocycles. The molecule has 0 unspecified atom stereocenters. The third-order valence-electron chi connectivity index (χ3n) is 4.15. The summed E-state index contributed by atoms with van der Waals surface area (Å²) in [6, 6.07) is 21.8. The second-order valence-electron chi connectivity index (χ2n) is 6.07. The number of pyridine rings is 1. The first-order valence-corrected chi connectivity index (χ1v) is 10.3. The average molecular weight is 518 g/mol. The Bertz CT molecular complexity index is 1180. The Morgan fingerprint density at radius 2 is 1.54 bits per heavy atom. The van der Waals surface area contributed by atoms with Crippen LogP contribution < -0.4 is 4.74 Å². The topological polar surface area (TPSA) is 39.2 Å². The minimum absolute atomic E-state index is 0.442. The van der Waals surface area contributed by atoms with E-state index in [0.717, 1.165) is 14.5 Å². The van der Waals surface area contributed by atoms with Gasteiger partial charge in [-0.15, -0.1) is 0 Å². The van der Waals surface area contributed by atoms with Crippen molar-refractivity contribution in [2.75, 3.05) is 0 Å². The van der Waals surface area contributed by atoms with Crippen LogP contribution in [0.2, 0.25) is 5.02 Å². The molecule has 0 radical (unpaired) electrons. The van der Waals surface area contributed by atoms with Crippen LogP contribution in [-0.4, -0.2) is 11.0 Å². The maximum absolute atomic E-state index is 13.0. The number of carbonyl (C=O) groups is 1. The van der Waals surface area contributed by atoms with E-state index in [-0.39, 0.29) is 0 Å². The first-order chi connectivity index (χ1) is 13.5. The highest BCUT2D eigenvalue weighted by Gasteiger charge is 2.16. The second-order valence-corrected chi connectivity index (χ2v) is 8.33. The van der Waals surface area contributed by atoms with Crippen LogP contribution in [0.4, 0.5) is 0 Å². The summed E-state index contributed by atoms with van der Waals surface area (Å²) in [5.41, 5.74) is 2.69. The van der Waals surface area contributed by atoms with E-state index >= 15 is 0 Å². The molecule has 0 aliphatic rings. The molecule has 0 aliphatic carbocycles. The lowest BCUT2D eigenvalue weighted by molar-refractivity contribution is 0.0737. The summed E-state index contributed by atoms with van der Waals surface area (Å²) in [6.45, 7) is 0. The molecule has 0 fully saturated rings. The van der Waals surface area contributed by atoms with Crippen molar-refractivity contribution in [1.29, 1.82) is 0 Å². The van der Waals surface area contributed by atoms with Crippen molar-refractivity contribution in [3.63, 3.8) is 0 Å². The zero-order valence-corrected chi connectivity index (χ0v) is 18.3. The lowest BCUT2D eigenvalue weighted by Crippen LogP contribution is -2.10. The molecule has 4 rings (SSSR count). The van der Waals surface area contributed by atoms with Gasteiger partial charge in [-0.05, 0) is 60.7 Å². The number of esters is 1. The molecule has 1 aromatic heterocycles. The van der Waals surface area contributed by atoms with Crippen molar-refractivity contribution < 1.29 is 9.53 Å². The minimum Gasteiger partial charge on any atom is -0.423 e. The molecular weight excluding hydrogens is 506 g/mol. The van der Waals surface area contributed by atoms with Crippen LogP contribution in [0.15, 0.2) is 81.7 Å². The summed E-state index contributed by atoms with van der Waals surface area (Å²) in [5.74, 6) is 0.0317. The molecule has 138 valence electrons. The van der Waals surface area contributed by atoms with E-state index in [2.05, 4.69) is 31.9 Å². The highest BCUT2D eigenvalue weighted by molar-refractivity contribution is 9.10. The molecule has 0 saturated heterocycles. The fraction of sp³-hybridized carbons (Fsp3) is 0. The Balaban J connectivity index is 1.82. The van der Waals surface area contributed by atoms with Crippen molar-refractivity contribution in [2.45, 2.75) is 0 Å². The largest absolute Gasteiger partial charge is 0.423 e. The SMILES string of the molecule is O=C(Oc1ccc(Br)cc1)c1cc(-c2ccc(Cl)cc2)nc2ccc(Br)cc12. The maximum Gasteiger partial charge on any atom is 0.344 e. The Morgan fingerprint density at radius 3 is 2.25 bits per heavy atom. The lowest BCUT2D eigenvalue weighted by Gasteiger charge is -2.11. The Hall–Kier alpha value is -2.21. The van der Waals surface area contributed by atoms with Crippen LogP contribution in [0.3, 0.4) is 0 Å². The predicted molar refractivity (Wildman–Crippen MR) is 119 cm³/mol. The fourth-order valence-corrected chi connectivity index (χ4v) is 3.55. The normalized spacial score (nSPS) is 10.8. The molecule has 3 aromatic carbocycles. The lowest BCUT2D eigenvalue weighted by atomic mass is 10.0. The standard InChI is InChI=1S/C22H12Br2ClNO2/c23-14-3-8-17(9-4-14)28-22(27)19-12-21(13-1-6-16(25)7-2-13)26-20-10-5-15(24)11-18(19)20/h1-12H. The van der Waals surface area contributed by atoms with Crippen LogP contribution in [0.5, 0.6) is 5.75 Å². The molecular formula is C22H12Br2ClNO2. The van der Waals surface area contributed by atoms with Crippen molar-refractivity contribution in [1.82, 2.24) is 4.98 Å². The molecule has 0 N–H and O–H groups in total. The molecule has 0 bridgehead atoms. The van der Waals surface area contributed by atoms with E-state index in [4.69, 9.17) is 21.3 Å². The molecule has 0 amide bonds. The van der Waals surface area contributed by atoms with Gasteiger partial charge in [-0.1, -0.05) is 55.6 Å². The number of benzene rings is 3. The molecule has 6 heteroatoms. The van der Waals surface area contributed by atoms with Crippen molar-refractivity contribution in [3.05, 3.63) is 92.3 Å². The van der Waals surface area contributed by atoms with Crippen molar-refractivity contribution in [2.24, 2.45) is 0 Å². The predicted octanol–water partition coefficient (Wildman–Crippen LogP) is 7.30. The van der Waals surface area contributed by atoms with Crippen LogP contribution in [0.1, 0.15) is 10.4 Å². The summed E-state index contributed by atoms with van der Waals surface area (Å²) in [4.78, 5) is 17.7. The molecule has 28 heavy (non-hydrogen) atoms. The quantitative estimate of drug-likeness (QED) is 0.211. The van der Waals surface area contributed by atoms with Gasteiger partial charge in [-0.3, -0.25) is 0 Å². The molecule has 1 heterocycles. The number of fused-ring (bicyclic) bond motifs is 1. The van der Waals surface area contributed by atoms with Gasteiger partial charge in [0.05, 0.1) is 16.8 Å². The van der Waals surface area contributed by atoms with Crippen LogP contribution in [0, 0.1) is 0 Å². The van der Waals surface area contributed by atoms with Gasteiger partial charge in [0.2, 0.25) is 0 Å². The van der Waals surface area contributed by atoms with Crippen LogP contribution in [0.25, 0.3) is 22.2 Å². The highest BCUT2D eigenvalue weighted by Crippen LogP contribution is 2.29. The Labute approximate surface area is 183 Å². The maximum atomic E-state index is 13.0. The minimum atomic E-state index is -0.442. The fourth-order valence-electron chi connectivity index (χ4n) is 2.80. The smallest absolute Gasteiger partial charge is 0.344 e. The zero-order valence-electron chi connectivity index (χ0n) is 14.3. The Kier molecular flexibility index (Phi) is 5.49. The van der Waals surface area contributed by atoms with Gasteiger partial charge in [0, 0.05) is 24.9 Å². The monoisotopic (exact) mass is 515 g/mol. The average Bonchev–Trinajstić information content (AvgIpc) is 2.69. The summed E-state index contributed by atoms with van der Waals surface area (Å²) < 4.78 is 7.36. The van der Waals surface area contributed by atoms with E-state index in [9.17, 15) is 4.79 Å². The van der Waals surface area contributed by atoms with Gasteiger partial charge in [0.1, 0.15) is 5.75 Å². The number of ether oxygens (including phenoxy) is 1. The van der Waals surface area contributed by atoms with E-state index in [1.54, 1.807) is 30.3 Å². The number of nitrogens with zero attached hydrogens (tertiary/aromatic N) is 1. The third-order valence-corrected chi connectivity index (χ3v) is 5.43. The van der Waals surface area contributed by atoms with Gasteiger partial charge in [-0.25, -0.2) is 9.78 Å². The van der Waals surface area contributed by atoms with Crippen molar-refractivity contribution in [3.8, 4) is 17.0 Å². The number of rotatable bonds is 3. The van der Waals surface area contributed by atoms with Crippen LogP contribution in [-0.2, 0) is 0 Å². The first kappa shape index (κ1) is 19.1. The Morgan fingerprint density at radius 1 is 0.857 bits per heavy atom. The first-order valence-electron chi connectivity index (χ1n) is 8.33. The molecule has 0 spiro atoms. The molecule has 4 aromatic rings. The van der Waals surface area contributed by atoms with Crippen molar-refractivity contribution >= 4 is 60.3 Å². The van der Waals surface area contributed by atoms with E-state index in [1.165, 1.54) is 0 Å². The number of hydrogen-bond donors (Lipinski definition) is 0. The molecule has 0 atom stereocenters. The number of carbonyl (C=O) groups excluding carboxylic acids is 1. The van der Waals surface area contributed by atoms with E-state index in [0.29, 0.717) is 32.9 Å². The summed E-state index contributed by atoms with van der Waals surface area (Å²) in [7, 11) is 0. The number of halogens is 3. The van der Waals surface area contributed by atoms with Gasteiger partial charge < -0.3 is 4.74 Å². The van der Waals surface area contributed by atoms with Gasteiger partial charge in [0.25, 0.3) is 0 Å². The van der Waals surface area contributed by atoms with Gasteiger partial charge >= 0.3 is 5.97 Å². The summed E-state index contributed by atoms with van der Waals surface area (Å²) in [6.07, 6.45) is 0. The highest BCUT2D eigenvalue weighted by atomic mass is 79.9. The molecule has 3 nitrogen and oxygen atoms in total. The summed E-state index contributed by atoms with van der Waals surface area (Å²) in [5, 5.41) is 1.36. The molecule has 0 aliphatic heterocycles. The zero-order chi connectivity index (χ0) is 19.7. The van der Waals surface area contributed by atoms with Gasteiger partial charge in [0.15, 0.2) is 0 Å². The number of hydrogen-bond acceptors (Lipinski definition) is 3. The van der Waals surface area contributed by atoms with Crippen LogP contribution >= 0.6 is 43.5 Å². The van der Waals surface area contributed by atoms with Gasteiger partial charge in [-0.2, -0.15) is 0 Å². The summed E-state index contributed by atoms with van der Waals surface area (Å²) >= 11 is 12.8. The third kappa shape index (κ3) is 4.12. The van der Waals surface area contributed by atoms with E-state index < -0.39 is 5.97 Å². The second kappa shape index (κ2) is 8.03.